The van der Waals surface area contributed by atoms with Gasteiger partial charge in [-0.15, -0.1) is 17.7 Å². The number of aryl methyl sites for hydroxylation is 1. The van der Waals surface area contributed by atoms with Crippen molar-refractivity contribution in [3.63, 3.8) is 0 Å². The number of rotatable bonds is 6. The van der Waals surface area contributed by atoms with Crippen molar-refractivity contribution in [2.75, 3.05) is 0 Å². The Kier molecular flexibility index (Phi) is 10.9. The summed E-state index contributed by atoms with van der Waals surface area (Å²) in [5.74, 6) is 1.85. The number of carbonyl (C=O) groups is 1. The predicted octanol–water partition coefficient (Wildman–Crippen LogP) is 11.5. The maximum atomic E-state index is 11.8. The normalized spacial score (nSPS) is 16.0. The summed E-state index contributed by atoms with van der Waals surface area (Å²) >= 11 is 0. The largest absolute Gasteiger partial charge is 0.512 e. The summed E-state index contributed by atoms with van der Waals surface area (Å²) in [5.41, 5.74) is 7.39. The Hall–Kier alpha value is -3.27. The van der Waals surface area contributed by atoms with E-state index < -0.39 is 0 Å². The van der Waals surface area contributed by atoms with Crippen molar-refractivity contribution in [1.82, 2.24) is 4.98 Å². The van der Waals surface area contributed by atoms with E-state index in [1.807, 2.05) is 6.20 Å². The molecule has 1 radical (unpaired) electrons. The van der Waals surface area contributed by atoms with Crippen molar-refractivity contribution in [2.24, 2.45) is 11.8 Å². The van der Waals surface area contributed by atoms with Gasteiger partial charge in [-0.05, 0) is 84.2 Å². The summed E-state index contributed by atoms with van der Waals surface area (Å²) in [6.07, 6.45) is 12.3. The molecule has 1 N–H and O–H groups in total. The van der Waals surface area contributed by atoms with E-state index in [-0.39, 0.29) is 37.7 Å². The second-order valence-corrected chi connectivity index (χ2v) is 13.8. The molecule has 2 aliphatic rings. The molecule has 2 heterocycles. The van der Waals surface area contributed by atoms with E-state index in [0.29, 0.717) is 17.6 Å². The van der Waals surface area contributed by atoms with Crippen LogP contribution in [0.2, 0.25) is 0 Å². The minimum absolute atomic E-state index is 0. The van der Waals surface area contributed by atoms with Gasteiger partial charge in [0, 0.05) is 49.6 Å². The molecule has 0 atom stereocenters. The van der Waals surface area contributed by atoms with Crippen molar-refractivity contribution in [2.45, 2.75) is 97.8 Å². The number of allylic oxidation sites excluding steroid dienone is 2. The number of fused-ring (bicyclic) bond motifs is 4. The number of carbonyl (C=O) groups excluding carboxylic acids is 1. The summed E-state index contributed by atoms with van der Waals surface area (Å²) in [6, 6.07) is 21.1. The molecule has 4 nitrogen and oxygen atoms in total. The number of aromatic nitrogens is 1. The first-order chi connectivity index (χ1) is 21.7. The summed E-state index contributed by atoms with van der Waals surface area (Å²) in [5, 5.41) is 14.4. The third-order valence-corrected chi connectivity index (χ3v) is 9.82. The van der Waals surface area contributed by atoms with Gasteiger partial charge in [-0.1, -0.05) is 94.7 Å². The topological polar surface area (TPSA) is 63.3 Å². The number of ketones is 1. The SMILES string of the molecule is Cc1ccc2c(c1)oc1c(-c3nccc4cc(C(C)C)ccc34)[c-]c(C(C)C)cc12.O=C(/C=C(\O)C1CCCC1)C1CCCC1.[Ir]. The second-order valence-electron chi connectivity index (χ2n) is 13.8. The Morgan fingerprint density at radius 2 is 1.54 bits per heavy atom. The Bertz CT molecular complexity index is 1870. The van der Waals surface area contributed by atoms with Crippen LogP contribution in [0.5, 0.6) is 0 Å². The molecule has 5 heteroatoms. The molecule has 2 aliphatic carbocycles. The average molecular weight is 793 g/mol. The van der Waals surface area contributed by atoms with E-state index in [1.165, 1.54) is 53.8 Å². The van der Waals surface area contributed by atoms with E-state index in [0.717, 1.165) is 64.3 Å². The molecule has 5 aromatic rings. The smallest absolute Gasteiger partial charge is 0.162 e. The molecule has 0 spiro atoms. The van der Waals surface area contributed by atoms with Gasteiger partial charge in [0.2, 0.25) is 0 Å². The Morgan fingerprint density at radius 1 is 0.870 bits per heavy atom. The molecular formula is C41H46IrNO3-. The molecular weight excluding hydrogens is 747 g/mol. The van der Waals surface area contributed by atoms with Crippen LogP contribution in [0.25, 0.3) is 44.0 Å². The summed E-state index contributed by atoms with van der Waals surface area (Å²) in [6.45, 7) is 11.0. The molecule has 2 saturated carbocycles. The van der Waals surface area contributed by atoms with Crippen molar-refractivity contribution in [1.29, 1.82) is 0 Å². The van der Waals surface area contributed by atoms with Crippen molar-refractivity contribution >= 4 is 38.5 Å². The number of hydrogen-bond acceptors (Lipinski definition) is 4. The van der Waals surface area contributed by atoms with Crippen LogP contribution < -0.4 is 0 Å². The fourth-order valence-electron chi connectivity index (χ4n) is 6.99. The molecule has 0 amide bonds. The van der Waals surface area contributed by atoms with Crippen molar-refractivity contribution in [3.8, 4) is 11.3 Å². The summed E-state index contributed by atoms with van der Waals surface area (Å²) in [4.78, 5) is 16.6. The first-order valence-corrected chi connectivity index (χ1v) is 16.9. The van der Waals surface area contributed by atoms with Gasteiger partial charge in [-0.25, -0.2) is 0 Å². The van der Waals surface area contributed by atoms with E-state index in [4.69, 9.17) is 9.40 Å². The monoisotopic (exact) mass is 793 g/mol. The van der Waals surface area contributed by atoms with Gasteiger partial charge in [-0.3, -0.25) is 4.79 Å². The molecule has 0 aliphatic heterocycles. The molecule has 46 heavy (non-hydrogen) atoms. The molecule has 0 unspecified atom stereocenters. The molecule has 0 saturated heterocycles. The molecule has 2 aromatic heterocycles. The van der Waals surface area contributed by atoms with Crippen LogP contribution in [0.4, 0.5) is 0 Å². The van der Waals surface area contributed by atoms with Crippen LogP contribution in [-0.2, 0) is 24.9 Å². The van der Waals surface area contributed by atoms with Gasteiger partial charge in [0.05, 0.1) is 11.3 Å². The average Bonchev–Trinajstić information content (AvgIpc) is 3.82. The fraction of sp³-hybridized carbons (Fsp3) is 0.415. The zero-order chi connectivity index (χ0) is 31.7. The Balaban J connectivity index is 0.000000220. The number of aliphatic hydroxyl groups is 1. The maximum Gasteiger partial charge on any atom is 0.162 e. The van der Waals surface area contributed by atoms with Crippen LogP contribution in [0.3, 0.4) is 0 Å². The van der Waals surface area contributed by atoms with Crippen LogP contribution in [-0.4, -0.2) is 15.9 Å². The van der Waals surface area contributed by atoms with E-state index >= 15 is 0 Å². The van der Waals surface area contributed by atoms with E-state index in [9.17, 15) is 9.90 Å². The number of hydrogen-bond donors (Lipinski definition) is 1. The van der Waals surface area contributed by atoms with Gasteiger partial charge >= 0.3 is 0 Å². The zero-order valence-electron chi connectivity index (χ0n) is 27.8. The number of nitrogens with zero attached hydrogens (tertiary/aromatic N) is 1. The minimum Gasteiger partial charge on any atom is -0.512 e. The van der Waals surface area contributed by atoms with Crippen LogP contribution in [0.15, 0.2) is 71.0 Å². The first kappa shape index (κ1) is 34.1. The molecule has 2 fully saturated rings. The predicted molar refractivity (Wildman–Crippen MR) is 186 cm³/mol. The summed E-state index contributed by atoms with van der Waals surface area (Å²) in [7, 11) is 0. The first-order valence-electron chi connectivity index (χ1n) is 16.9. The third kappa shape index (κ3) is 7.16. The van der Waals surface area contributed by atoms with Gasteiger partial charge in [0.25, 0.3) is 0 Å². The molecule has 7 rings (SSSR count). The standard InChI is InChI=1S/C28H26NO.C13H20O2.Ir/c1-16(2)19-7-9-22-20(13-19)10-11-29-27(22)25-15-21(17(3)4)14-24-23-8-6-18(5)12-26(23)30-28(24)25;14-12(10-5-1-2-6-10)9-13(15)11-7-3-4-8-11;/h6-14,16-17H,1-5H3;9-11,14H,1-8H2;/q-1;;/b;12-9-;. The van der Waals surface area contributed by atoms with E-state index in [1.54, 1.807) is 0 Å². The number of furan rings is 1. The van der Waals surface area contributed by atoms with E-state index in [2.05, 4.69) is 89.2 Å². The van der Waals surface area contributed by atoms with Crippen LogP contribution in [0, 0.1) is 24.8 Å². The second kappa shape index (κ2) is 14.7. The van der Waals surface area contributed by atoms with Crippen molar-refractivity contribution in [3.05, 3.63) is 89.3 Å². The van der Waals surface area contributed by atoms with Gasteiger partial charge in [0.15, 0.2) is 5.78 Å². The zero-order valence-corrected chi connectivity index (χ0v) is 30.2. The van der Waals surface area contributed by atoms with Gasteiger partial charge < -0.3 is 14.5 Å². The van der Waals surface area contributed by atoms with Gasteiger partial charge in [-0.2, -0.15) is 0 Å². The number of aliphatic hydroxyl groups excluding tert-OH is 1. The third-order valence-electron chi connectivity index (χ3n) is 9.82. The minimum atomic E-state index is 0. The molecule has 3 aromatic carbocycles. The Morgan fingerprint density at radius 3 is 2.22 bits per heavy atom. The molecule has 243 valence electrons. The van der Waals surface area contributed by atoms with Gasteiger partial charge in [0.1, 0.15) is 5.58 Å². The number of benzene rings is 3. The fourth-order valence-corrected chi connectivity index (χ4v) is 6.99. The quantitative estimate of drug-likeness (QED) is 0.106. The van der Waals surface area contributed by atoms with Crippen LogP contribution in [0.1, 0.15) is 108 Å². The Labute approximate surface area is 287 Å². The maximum absolute atomic E-state index is 11.8. The molecule has 0 bridgehead atoms. The number of pyridine rings is 1. The van der Waals surface area contributed by atoms with Crippen LogP contribution >= 0.6 is 0 Å². The summed E-state index contributed by atoms with van der Waals surface area (Å²) < 4.78 is 6.39. The van der Waals surface area contributed by atoms with Crippen molar-refractivity contribution < 1.29 is 34.4 Å².